The van der Waals surface area contributed by atoms with Crippen molar-refractivity contribution in [2.24, 2.45) is 0 Å². The molecule has 0 amide bonds. The molecule has 1 aromatic heterocycles. The van der Waals surface area contributed by atoms with Gasteiger partial charge >= 0.3 is 0 Å². The van der Waals surface area contributed by atoms with Gasteiger partial charge in [0.25, 0.3) is 0 Å². The summed E-state index contributed by atoms with van der Waals surface area (Å²) in [4.78, 5) is 4.04. The minimum atomic E-state index is 0.356. The molecule has 0 unspecified atom stereocenters. The lowest BCUT2D eigenvalue weighted by Gasteiger charge is -2.16. The first kappa shape index (κ1) is 21.9. The molecule has 3 rings (SSSR count). The van der Waals surface area contributed by atoms with Crippen molar-refractivity contribution in [3.8, 4) is 11.5 Å². The Hall–Kier alpha value is -1.79. The lowest BCUT2D eigenvalue weighted by Crippen LogP contribution is -2.13. The van der Waals surface area contributed by atoms with E-state index in [0.29, 0.717) is 41.3 Å². The summed E-state index contributed by atoms with van der Waals surface area (Å²) >= 11 is 15.7. The monoisotopic (exact) mass is 494 g/mol. The molecule has 0 atom stereocenters. The highest BCUT2D eigenvalue weighted by Gasteiger charge is 2.13. The van der Waals surface area contributed by atoms with Crippen LogP contribution in [0.25, 0.3) is 0 Å². The molecule has 1 N–H and O–H groups in total. The molecule has 3 aromatic rings. The lowest BCUT2D eigenvalue weighted by atomic mass is 10.2. The van der Waals surface area contributed by atoms with Crippen molar-refractivity contribution in [1.29, 1.82) is 0 Å². The van der Waals surface area contributed by atoms with Crippen LogP contribution in [0.1, 0.15) is 23.6 Å². The maximum Gasteiger partial charge on any atom is 0.175 e. The summed E-state index contributed by atoms with van der Waals surface area (Å²) in [7, 11) is 0. The number of hydrogen-bond donors (Lipinski definition) is 1. The second-order valence-electron chi connectivity index (χ2n) is 6.33. The van der Waals surface area contributed by atoms with Crippen LogP contribution in [0.5, 0.6) is 11.5 Å². The molecule has 0 aliphatic heterocycles. The Morgan fingerprint density at radius 3 is 2.38 bits per heavy atom. The van der Waals surface area contributed by atoms with Crippen LogP contribution in [0, 0.1) is 0 Å². The first-order valence-electron chi connectivity index (χ1n) is 9.18. The van der Waals surface area contributed by atoms with Gasteiger partial charge in [0, 0.05) is 25.5 Å². The summed E-state index contributed by atoms with van der Waals surface area (Å²) in [5.74, 6) is 1.36. The van der Waals surface area contributed by atoms with Crippen molar-refractivity contribution >= 4 is 39.1 Å². The third-order valence-electron chi connectivity index (χ3n) is 4.14. The highest BCUT2D eigenvalue weighted by Crippen LogP contribution is 2.37. The Morgan fingerprint density at radius 2 is 1.66 bits per heavy atom. The van der Waals surface area contributed by atoms with Gasteiger partial charge in [-0.3, -0.25) is 4.98 Å². The van der Waals surface area contributed by atoms with E-state index in [2.05, 4.69) is 26.2 Å². The molecule has 7 heteroatoms. The van der Waals surface area contributed by atoms with Gasteiger partial charge in [-0.1, -0.05) is 29.3 Å². The van der Waals surface area contributed by atoms with E-state index in [4.69, 9.17) is 32.7 Å². The summed E-state index contributed by atoms with van der Waals surface area (Å²) in [6.07, 6.45) is 3.58. The number of pyridine rings is 1. The average molecular weight is 496 g/mol. The van der Waals surface area contributed by atoms with E-state index in [1.165, 1.54) is 5.56 Å². The predicted molar refractivity (Wildman–Crippen MR) is 121 cm³/mol. The van der Waals surface area contributed by atoms with Crippen LogP contribution in [-0.2, 0) is 19.7 Å². The molecule has 0 bridgehead atoms. The fourth-order valence-corrected chi connectivity index (χ4v) is 3.69. The van der Waals surface area contributed by atoms with Crippen LogP contribution in [-0.4, -0.2) is 11.6 Å². The van der Waals surface area contributed by atoms with E-state index in [1.54, 1.807) is 24.5 Å². The molecule has 0 saturated carbocycles. The molecule has 29 heavy (non-hydrogen) atoms. The van der Waals surface area contributed by atoms with E-state index < -0.39 is 0 Å². The third kappa shape index (κ3) is 6.34. The van der Waals surface area contributed by atoms with Crippen molar-refractivity contribution in [3.63, 3.8) is 0 Å². The predicted octanol–water partition coefficient (Wildman–Crippen LogP) is 6.42. The number of benzene rings is 2. The Kier molecular flexibility index (Phi) is 8.19. The van der Waals surface area contributed by atoms with Gasteiger partial charge in [0.05, 0.1) is 21.1 Å². The smallest absolute Gasteiger partial charge is 0.175 e. The largest absolute Gasteiger partial charge is 0.490 e. The summed E-state index contributed by atoms with van der Waals surface area (Å²) in [6.45, 7) is 4.32. The van der Waals surface area contributed by atoms with E-state index in [-0.39, 0.29) is 0 Å². The molecule has 0 radical (unpaired) electrons. The second kappa shape index (κ2) is 10.8. The van der Waals surface area contributed by atoms with Gasteiger partial charge in [-0.15, -0.1) is 0 Å². The number of nitrogens with one attached hydrogen (secondary N) is 1. The molecule has 0 saturated heterocycles. The molecular weight excluding hydrogens is 475 g/mol. The highest BCUT2D eigenvalue weighted by atomic mass is 79.9. The standard InChI is InChI=1S/C22H21BrCl2N2O2/c1-2-28-21-11-17(13-27-12-15-5-7-26-8-6-15)9-18(23)22(21)29-14-16-3-4-19(24)20(25)10-16/h3-11,27H,2,12-14H2,1H3. The van der Waals surface area contributed by atoms with Crippen molar-refractivity contribution in [3.05, 3.63) is 86.1 Å². The quantitative estimate of drug-likeness (QED) is 0.372. The van der Waals surface area contributed by atoms with Gasteiger partial charge in [-0.2, -0.15) is 0 Å². The molecule has 2 aromatic carbocycles. The molecule has 4 nitrogen and oxygen atoms in total. The highest BCUT2D eigenvalue weighted by molar-refractivity contribution is 9.10. The fraction of sp³-hybridized carbons (Fsp3) is 0.227. The normalized spacial score (nSPS) is 10.8. The van der Waals surface area contributed by atoms with Crippen LogP contribution < -0.4 is 14.8 Å². The SMILES string of the molecule is CCOc1cc(CNCc2ccncc2)cc(Br)c1OCc1ccc(Cl)c(Cl)c1. The molecule has 0 fully saturated rings. The topological polar surface area (TPSA) is 43.4 Å². The van der Waals surface area contributed by atoms with Gasteiger partial charge in [-0.25, -0.2) is 0 Å². The Balaban J connectivity index is 1.69. The Labute approximate surface area is 189 Å². The number of hydrogen-bond acceptors (Lipinski definition) is 4. The average Bonchev–Trinajstić information content (AvgIpc) is 2.71. The maximum absolute atomic E-state index is 6.09. The molecule has 152 valence electrons. The van der Waals surface area contributed by atoms with Crippen LogP contribution in [0.3, 0.4) is 0 Å². The minimum absolute atomic E-state index is 0.356. The van der Waals surface area contributed by atoms with Gasteiger partial charge in [0.15, 0.2) is 11.5 Å². The number of nitrogens with zero attached hydrogens (tertiary/aromatic N) is 1. The van der Waals surface area contributed by atoms with Crippen LogP contribution >= 0.6 is 39.1 Å². The Bertz CT molecular complexity index is 955. The Morgan fingerprint density at radius 1 is 0.897 bits per heavy atom. The van der Waals surface area contributed by atoms with Gasteiger partial charge in [0.1, 0.15) is 6.61 Å². The number of halogens is 3. The maximum atomic E-state index is 6.09. The summed E-state index contributed by atoms with van der Waals surface area (Å²) in [6, 6.07) is 13.5. The van der Waals surface area contributed by atoms with Crippen LogP contribution in [0.15, 0.2) is 59.3 Å². The summed E-state index contributed by atoms with van der Waals surface area (Å²) in [5, 5.41) is 4.46. The van der Waals surface area contributed by atoms with E-state index in [0.717, 1.165) is 22.1 Å². The first-order valence-corrected chi connectivity index (χ1v) is 10.7. The minimum Gasteiger partial charge on any atom is -0.490 e. The molecule has 0 spiro atoms. The van der Waals surface area contributed by atoms with Crippen LogP contribution in [0.2, 0.25) is 10.0 Å². The zero-order valence-electron chi connectivity index (χ0n) is 15.9. The zero-order chi connectivity index (χ0) is 20.6. The van der Waals surface area contributed by atoms with E-state index >= 15 is 0 Å². The number of ether oxygens (including phenoxy) is 2. The molecule has 0 aliphatic rings. The fourth-order valence-electron chi connectivity index (χ4n) is 2.76. The molecular formula is C22H21BrCl2N2O2. The lowest BCUT2D eigenvalue weighted by molar-refractivity contribution is 0.267. The number of rotatable bonds is 9. The first-order chi connectivity index (χ1) is 14.1. The van der Waals surface area contributed by atoms with Crippen molar-refractivity contribution in [2.45, 2.75) is 26.6 Å². The second-order valence-corrected chi connectivity index (χ2v) is 8.00. The molecule has 1 heterocycles. The van der Waals surface area contributed by atoms with Gasteiger partial charge < -0.3 is 14.8 Å². The van der Waals surface area contributed by atoms with E-state index in [1.807, 2.05) is 37.3 Å². The van der Waals surface area contributed by atoms with Crippen molar-refractivity contribution < 1.29 is 9.47 Å². The van der Waals surface area contributed by atoms with E-state index in [9.17, 15) is 0 Å². The molecule has 0 aliphatic carbocycles. The number of aromatic nitrogens is 1. The van der Waals surface area contributed by atoms with Gasteiger partial charge in [0.2, 0.25) is 0 Å². The third-order valence-corrected chi connectivity index (χ3v) is 5.47. The van der Waals surface area contributed by atoms with Crippen molar-refractivity contribution in [1.82, 2.24) is 10.3 Å². The summed E-state index contributed by atoms with van der Waals surface area (Å²) < 4.78 is 12.7. The van der Waals surface area contributed by atoms with Crippen molar-refractivity contribution in [2.75, 3.05) is 6.61 Å². The zero-order valence-corrected chi connectivity index (χ0v) is 19.0. The summed E-state index contributed by atoms with van der Waals surface area (Å²) in [5.41, 5.74) is 3.21. The van der Waals surface area contributed by atoms with Crippen LogP contribution in [0.4, 0.5) is 0 Å². The van der Waals surface area contributed by atoms with Gasteiger partial charge in [-0.05, 0) is 75.9 Å².